The van der Waals surface area contributed by atoms with Crippen LogP contribution in [0.1, 0.15) is 37.0 Å². The summed E-state index contributed by atoms with van der Waals surface area (Å²) in [7, 11) is 0. The number of piperazine rings is 1. The van der Waals surface area contributed by atoms with Crippen molar-refractivity contribution in [2.24, 2.45) is 0 Å². The number of amides is 1. The number of nitrogens with zero attached hydrogens (tertiary/aromatic N) is 1. The lowest BCUT2D eigenvalue weighted by atomic mass is 9.93. The monoisotopic (exact) mass is 303 g/mol. The average Bonchev–Trinajstić information content (AvgIpc) is 2.56. The molecule has 2 unspecified atom stereocenters. The van der Waals surface area contributed by atoms with Crippen molar-refractivity contribution < 1.29 is 9.90 Å². The topological polar surface area (TPSA) is 64.6 Å². The van der Waals surface area contributed by atoms with Gasteiger partial charge in [-0.05, 0) is 30.0 Å². The van der Waals surface area contributed by atoms with E-state index >= 15 is 0 Å². The van der Waals surface area contributed by atoms with Gasteiger partial charge in [0.05, 0.1) is 6.10 Å². The third-order valence-electron chi connectivity index (χ3n) is 4.77. The quantitative estimate of drug-likeness (QED) is 0.784. The molecule has 5 nitrogen and oxygen atoms in total. The number of aryl methyl sites for hydroxylation is 1. The lowest BCUT2D eigenvalue weighted by Gasteiger charge is -2.37. The molecular weight excluding hydrogens is 278 g/mol. The van der Waals surface area contributed by atoms with Gasteiger partial charge in [0.25, 0.3) is 0 Å². The van der Waals surface area contributed by atoms with Crippen molar-refractivity contribution in [2.45, 2.75) is 38.3 Å². The number of aliphatic hydroxyl groups excluding tert-OH is 1. The van der Waals surface area contributed by atoms with E-state index in [2.05, 4.69) is 28.5 Å². The van der Waals surface area contributed by atoms with Crippen molar-refractivity contribution in [1.82, 2.24) is 10.2 Å². The second-order valence-electron chi connectivity index (χ2n) is 6.17. The molecule has 0 bridgehead atoms. The summed E-state index contributed by atoms with van der Waals surface area (Å²) in [6.07, 6.45) is 1.73. The van der Waals surface area contributed by atoms with Crippen molar-refractivity contribution in [3.05, 3.63) is 29.3 Å². The van der Waals surface area contributed by atoms with E-state index in [1.165, 1.54) is 0 Å². The first kappa shape index (κ1) is 15.5. The van der Waals surface area contributed by atoms with Gasteiger partial charge in [-0.15, -0.1) is 0 Å². The molecule has 120 valence electrons. The second kappa shape index (κ2) is 6.77. The fourth-order valence-electron chi connectivity index (χ4n) is 3.50. The Morgan fingerprint density at radius 3 is 2.77 bits per heavy atom. The fraction of sp³-hybridized carbons (Fsp3) is 0.588. The smallest absolute Gasteiger partial charge is 0.224 e. The van der Waals surface area contributed by atoms with Crippen LogP contribution in [0, 0.1) is 0 Å². The fourth-order valence-corrected chi connectivity index (χ4v) is 3.50. The summed E-state index contributed by atoms with van der Waals surface area (Å²) in [6, 6.07) is 6.08. The lowest BCUT2D eigenvalue weighted by Crippen LogP contribution is -2.50. The van der Waals surface area contributed by atoms with Crippen LogP contribution < -0.4 is 10.6 Å². The molecule has 2 heterocycles. The summed E-state index contributed by atoms with van der Waals surface area (Å²) in [5.74, 6) is 0.0769. The first-order valence-corrected chi connectivity index (χ1v) is 8.24. The van der Waals surface area contributed by atoms with E-state index in [0.29, 0.717) is 6.42 Å². The molecular formula is C17H25N3O2. The van der Waals surface area contributed by atoms with Gasteiger partial charge in [0.2, 0.25) is 5.91 Å². The number of rotatable bonds is 4. The molecule has 1 fully saturated rings. The number of hydrogen-bond acceptors (Lipinski definition) is 4. The van der Waals surface area contributed by atoms with Gasteiger partial charge < -0.3 is 15.7 Å². The maximum absolute atomic E-state index is 11.4. The van der Waals surface area contributed by atoms with Crippen LogP contribution in [0.5, 0.6) is 0 Å². The molecule has 3 rings (SSSR count). The lowest BCUT2D eigenvalue weighted by molar-refractivity contribution is -0.116. The van der Waals surface area contributed by atoms with E-state index in [4.69, 9.17) is 0 Å². The van der Waals surface area contributed by atoms with E-state index in [1.807, 2.05) is 12.1 Å². The van der Waals surface area contributed by atoms with Crippen LogP contribution in [-0.2, 0) is 11.2 Å². The Balaban J connectivity index is 1.78. The van der Waals surface area contributed by atoms with E-state index in [1.54, 1.807) is 0 Å². The minimum Gasteiger partial charge on any atom is -0.387 e. The Bertz CT molecular complexity index is 541. The molecule has 1 amide bonds. The molecule has 2 aliphatic heterocycles. The molecule has 1 saturated heterocycles. The highest BCUT2D eigenvalue weighted by molar-refractivity contribution is 5.93. The Morgan fingerprint density at radius 2 is 2.05 bits per heavy atom. The molecule has 0 spiro atoms. The first-order valence-electron chi connectivity index (χ1n) is 8.24. The summed E-state index contributed by atoms with van der Waals surface area (Å²) >= 11 is 0. The molecule has 2 aliphatic rings. The number of hydrogen-bond donors (Lipinski definition) is 3. The highest BCUT2D eigenvalue weighted by atomic mass is 16.3. The van der Waals surface area contributed by atoms with Gasteiger partial charge in [-0.3, -0.25) is 9.69 Å². The summed E-state index contributed by atoms with van der Waals surface area (Å²) in [5, 5.41) is 17.1. The second-order valence-corrected chi connectivity index (χ2v) is 6.17. The molecule has 3 N–H and O–H groups in total. The van der Waals surface area contributed by atoms with Crippen molar-refractivity contribution in [3.63, 3.8) is 0 Å². The number of nitrogens with one attached hydrogen (secondary N) is 2. The largest absolute Gasteiger partial charge is 0.387 e. The standard InChI is InChI=1S/C17H25N3O2/c1-2-15(20-9-7-18-8-10-20)17(22)13-3-5-14-12(11-13)4-6-16(21)19-14/h3,5,11,15,17-18,22H,2,4,6-10H2,1H3,(H,19,21). The van der Waals surface area contributed by atoms with E-state index in [-0.39, 0.29) is 11.9 Å². The molecule has 0 radical (unpaired) electrons. The Kier molecular flexibility index (Phi) is 4.76. The van der Waals surface area contributed by atoms with Crippen LogP contribution in [-0.4, -0.2) is 48.1 Å². The van der Waals surface area contributed by atoms with Crippen LogP contribution in [0.4, 0.5) is 5.69 Å². The first-order chi connectivity index (χ1) is 10.7. The van der Waals surface area contributed by atoms with Crippen molar-refractivity contribution >= 4 is 11.6 Å². The van der Waals surface area contributed by atoms with Gasteiger partial charge in [0.1, 0.15) is 0 Å². The van der Waals surface area contributed by atoms with Gasteiger partial charge in [0, 0.05) is 44.3 Å². The van der Waals surface area contributed by atoms with Crippen LogP contribution in [0.3, 0.4) is 0 Å². The summed E-state index contributed by atoms with van der Waals surface area (Å²) in [6.45, 7) is 6.07. The molecule has 0 aliphatic carbocycles. The van der Waals surface area contributed by atoms with Crippen molar-refractivity contribution in [3.8, 4) is 0 Å². The predicted molar refractivity (Wildman–Crippen MR) is 86.9 cm³/mol. The molecule has 0 saturated carbocycles. The zero-order valence-electron chi connectivity index (χ0n) is 13.1. The number of carbonyl (C=O) groups excluding carboxylic acids is 1. The average molecular weight is 303 g/mol. The molecule has 0 aromatic heterocycles. The van der Waals surface area contributed by atoms with Gasteiger partial charge in [0.15, 0.2) is 0 Å². The number of anilines is 1. The Morgan fingerprint density at radius 1 is 1.27 bits per heavy atom. The summed E-state index contributed by atoms with van der Waals surface area (Å²) in [5.41, 5.74) is 2.98. The molecule has 22 heavy (non-hydrogen) atoms. The van der Waals surface area contributed by atoms with Crippen LogP contribution in [0.15, 0.2) is 18.2 Å². The van der Waals surface area contributed by atoms with Crippen LogP contribution >= 0.6 is 0 Å². The predicted octanol–water partition coefficient (Wildman–Crippen LogP) is 1.29. The summed E-state index contributed by atoms with van der Waals surface area (Å²) < 4.78 is 0. The molecule has 2 atom stereocenters. The number of carbonyl (C=O) groups is 1. The normalized spacial score (nSPS) is 21.8. The zero-order chi connectivity index (χ0) is 15.5. The van der Waals surface area contributed by atoms with Gasteiger partial charge in [-0.2, -0.15) is 0 Å². The number of aliphatic hydroxyl groups is 1. The molecule has 1 aromatic rings. The van der Waals surface area contributed by atoms with Crippen LogP contribution in [0.2, 0.25) is 0 Å². The third kappa shape index (κ3) is 3.16. The SMILES string of the molecule is CCC(C(O)c1ccc2c(c1)CCC(=O)N2)N1CCNCC1. The highest BCUT2D eigenvalue weighted by Gasteiger charge is 2.27. The number of benzene rings is 1. The molecule has 5 heteroatoms. The van der Waals surface area contributed by atoms with E-state index in [9.17, 15) is 9.90 Å². The maximum atomic E-state index is 11.4. The minimum absolute atomic E-state index is 0.0769. The Labute approximate surface area is 131 Å². The van der Waals surface area contributed by atoms with Crippen LogP contribution in [0.25, 0.3) is 0 Å². The maximum Gasteiger partial charge on any atom is 0.224 e. The van der Waals surface area contributed by atoms with E-state index < -0.39 is 6.10 Å². The van der Waals surface area contributed by atoms with Gasteiger partial charge in [-0.25, -0.2) is 0 Å². The van der Waals surface area contributed by atoms with Gasteiger partial charge >= 0.3 is 0 Å². The van der Waals surface area contributed by atoms with Crippen molar-refractivity contribution in [2.75, 3.05) is 31.5 Å². The number of fused-ring (bicyclic) bond motifs is 1. The summed E-state index contributed by atoms with van der Waals surface area (Å²) in [4.78, 5) is 13.8. The molecule has 1 aromatic carbocycles. The van der Waals surface area contributed by atoms with Crippen molar-refractivity contribution in [1.29, 1.82) is 0 Å². The highest BCUT2D eigenvalue weighted by Crippen LogP contribution is 2.29. The zero-order valence-corrected chi connectivity index (χ0v) is 13.1. The van der Waals surface area contributed by atoms with E-state index in [0.717, 1.165) is 55.8 Å². The van der Waals surface area contributed by atoms with Gasteiger partial charge in [-0.1, -0.05) is 19.1 Å². The Hall–Kier alpha value is -1.43. The minimum atomic E-state index is -0.481. The third-order valence-corrected chi connectivity index (χ3v) is 4.77.